The number of nitrogens with one attached hydrogen (secondary N) is 1. The van der Waals surface area contributed by atoms with E-state index in [0.29, 0.717) is 0 Å². The Bertz CT molecular complexity index is 490. The van der Waals surface area contributed by atoms with Crippen LogP contribution in [0, 0.1) is 5.92 Å². The van der Waals surface area contributed by atoms with Crippen molar-refractivity contribution in [2.45, 2.75) is 31.2 Å². The highest BCUT2D eigenvalue weighted by Crippen LogP contribution is 2.28. The second-order valence-electron chi connectivity index (χ2n) is 4.48. The Morgan fingerprint density at radius 1 is 0.955 bits per heavy atom. The molecule has 11 heteroatoms. The van der Waals surface area contributed by atoms with Crippen molar-refractivity contribution in [3.05, 3.63) is 0 Å². The first-order chi connectivity index (χ1) is 10.0. The van der Waals surface area contributed by atoms with Crippen molar-refractivity contribution in [3.8, 4) is 0 Å². The lowest BCUT2D eigenvalue weighted by Gasteiger charge is -2.34. The first-order valence-electron chi connectivity index (χ1n) is 6.00. The third kappa shape index (κ3) is 5.26. The number of carboxylic acids is 4. The summed E-state index contributed by atoms with van der Waals surface area (Å²) in [6.07, 6.45) is -2.84. The van der Waals surface area contributed by atoms with E-state index in [1.807, 2.05) is 0 Å². The summed E-state index contributed by atoms with van der Waals surface area (Å²) in [5, 5.41) is 37.5. The average molecular weight is 320 g/mol. The minimum absolute atomic E-state index is 0.628. The number of rotatable bonds is 10. The number of primary amides is 1. The molecule has 0 aromatic carbocycles. The summed E-state index contributed by atoms with van der Waals surface area (Å²) in [5.41, 5.74) is 2.32. The maximum absolute atomic E-state index is 11.5. The summed E-state index contributed by atoms with van der Waals surface area (Å²) in [4.78, 5) is 55.0. The van der Waals surface area contributed by atoms with Gasteiger partial charge in [0.25, 0.3) is 0 Å². The maximum atomic E-state index is 11.5. The zero-order valence-corrected chi connectivity index (χ0v) is 11.3. The quantitative estimate of drug-likeness (QED) is 0.288. The van der Waals surface area contributed by atoms with Crippen LogP contribution in [0.15, 0.2) is 0 Å². The Morgan fingerprint density at radius 3 is 1.77 bits per heavy atom. The minimum Gasteiger partial charge on any atom is -0.481 e. The molecule has 0 spiro atoms. The van der Waals surface area contributed by atoms with Gasteiger partial charge < -0.3 is 31.5 Å². The normalized spacial score (nSPS) is 14.4. The van der Waals surface area contributed by atoms with E-state index in [4.69, 9.17) is 21.1 Å². The van der Waals surface area contributed by atoms with Crippen LogP contribution in [0.5, 0.6) is 0 Å². The molecule has 0 heterocycles. The number of nitrogens with two attached hydrogens (primary N) is 1. The highest BCUT2D eigenvalue weighted by molar-refractivity contribution is 5.91. The van der Waals surface area contributed by atoms with Crippen molar-refractivity contribution in [1.29, 1.82) is 0 Å². The molecule has 2 atom stereocenters. The number of carboxylic acid groups (broad SMARTS) is 4. The molecule has 0 aliphatic carbocycles. The topological polar surface area (TPSA) is 204 Å². The Kier molecular flexibility index (Phi) is 6.80. The van der Waals surface area contributed by atoms with Crippen LogP contribution in [0.4, 0.5) is 4.79 Å². The summed E-state index contributed by atoms with van der Waals surface area (Å²) >= 11 is 0. The van der Waals surface area contributed by atoms with Gasteiger partial charge in [0.1, 0.15) is 0 Å². The SMILES string of the molecule is NC(=O)NC(CCC(=O)O)(C(=O)O)C(CCC(=O)O)C(=O)O. The van der Waals surface area contributed by atoms with Gasteiger partial charge >= 0.3 is 29.9 Å². The Balaban J connectivity index is 5.74. The molecule has 0 fully saturated rings. The first-order valence-corrected chi connectivity index (χ1v) is 6.00. The van der Waals surface area contributed by atoms with E-state index >= 15 is 0 Å². The fourth-order valence-electron chi connectivity index (χ4n) is 2.01. The van der Waals surface area contributed by atoms with E-state index in [9.17, 15) is 29.1 Å². The molecule has 22 heavy (non-hydrogen) atoms. The summed E-state index contributed by atoms with van der Waals surface area (Å²) in [6.45, 7) is 0. The monoisotopic (exact) mass is 320 g/mol. The molecule has 0 radical (unpaired) electrons. The molecule has 0 rings (SSSR count). The molecule has 11 nitrogen and oxygen atoms in total. The van der Waals surface area contributed by atoms with E-state index in [0.717, 1.165) is 0 Å². The number of hydrogen-bond acceptors (Lipinski definition) is 5. The van der Waals surface area contributed by atoms with Crippen molar-refractivity contribution in [3.63, 3.8) is 0 Å². The number of amides is 2. The molecule has 0 saturated heterocycles. The lowest BCUT2D eigenvalue weighted by Crippen LogP contribution is -2.62. The number of carbonyl (C=O) groups is 5. The van der Waals surface area contributed by atoms with Crippen molar-refractivity contribution < 1.29 is 44.4 Å². The molecule has 2 amide bonds. The van der Waals surface area contributed by atoms with Gasteiger partial charge in [-0.05, 0) is 12.8 Å². The first kappa shape index (κ1) is 19.1. The maximum Gasteiger partial charge on any atom is 0.330 e. The summed E-state index contributed by atoms with van der Waals surface area (Å²) in [6, 6.07) is -1.37. The Hall–Kier alpha value is -2.85. The predicted octanol–water partition coefficient (Wildman–Crippen LogP) is -1.09. The minimum atomic E-state index is -2.52. The second-order valence-corrected chi connectivity index (χ2v) is 4.48. The number of urea groups is 1. The van der Waals surface area contributed by atoms with Gasteiger partial charge in [-0.3, -0.25) is 14.4 Å². The van der Waals surface area contributed by atoms with Gasteiger partial charge in [0, 0.05) is 12.8 Å². The van der Waals surface area contributed by atoms with Crippen LogP contribution < -0.4 is 11.1 Å². The fraction of sp³-hybridized carbons (Fsp3) is 0.545. The third-order valence-electron chi connectivity index (χ3n) is 3.00. The summed E-state index contributed by atoms with van der Waals surface area (Å²) in [7, 11) is 0. The Labute approximate surface area is 123 Å². The highest BCUT2D eigenvalue weighted by Gasteiger charge is 2.50. The van der Waals surface area contributed by atoms with E-state index in [2.05, 4.69) is 0 Å². The van der Waals surface area contributed by atoms with Gasteiger partial charge in [0.05, 0.1) is 5.92 Å². The molecule has 124 valence electrons. The lowest BCUT2D eigenvalue weighted by atomic mass is 9.77. The van der Waals surface area contributed by atoms with Crippen LogP contribution in [0.2, 0.25) is 0 Å². The molecule has 7 N–H and O–H groups in total. The van der Waals surface area contributed by atoms with Gasteiger partial charge in [-0.25, -0.2) is 9.59 Å². The highest BCUT2D eigenvalue weighted by atomic mass is 16.4. The van der Waals surface area contributed by atoms with Crippen LogP contribution >= 0.6 is 0 Å². The van der Waals surface area contributed by atoms with Crippen LogP contribution in [-0.2, 0) is 19.2 Å². The Morgan fingerprint density at radius 2 is 1.45 bits per heavy atom. The van der Waals surface area contributed by atoms with Crippen molar-refractivity contribution in [1.82, 2.24) is 5.32 Å². The van der Waals surface area contributed by atoms with Gasteiger partial charge in [-0.15, -0.1) is 0 Å². The summed E-state index contributed by atoms with van der Waals surface area (Å²) in [5.74, 6) is -8.16. The van der Waals surface area contributed by atoms with E-state index in [-0.39, 0.29) is 0 Å². The van der Waals surface area contributed by atoms with Gasteiger partial charge in [-0.1, -0.05) is 0 Å². The third-order valence-corrected chi connectivity index (χ3v) is 3.00. The summed E-state index contributed by atoms with van der Waals surface area (Å²) < 4.78 is 0. The average Bonchev–Trinajstić information content (AvgIpc) is 2.33. The fourth-order valence-corrected chi connectivity index (χ4v) is 2.01. The molecular weight excluding hydrogens is 304 g/mol. The molecule has 0 aromatic heterocycles. The molecule has 0 aromatic rings. The van der Waals surface area contributed by atoms with Gasteiger partial charge in [-0.2, -0.15) is 0 Å². The predicted molar refractivity (Wildman–Crippen MR) is 68.0 cm³/mol. The van der Waals surface area contributed by atoms with Crippen LogP contribution in [-0.4, -0.2) is 55.9 Å². The van der Waals surface area contributed by atoms with Crippen molar-refractivity contribution in [2.75, 3.05) is 0 Å². The molecule has 0 aliphatic rings. The van der Waals surface area contributed by atoms with Crippen LogP contribution in [0.3, 0.4) is 0 Å². The van der Waals surface area contributed by atoms with Gasteiger partial charge in [0.15, 0.2) is 5.54 Å². The van der Waals surface area contributed by atoms with Crippen molar-refractivity contribution in [2.24, 2.45) is 11.7 Å². The lowest BCUT2D eigenvalue weighted by molar-refractivity contribution is -0.159. The molecule has 0 bridgehead atoms. The zero-order valence-electron chi connectivity index (χ0n) is 11.3. The molecule has 2 unspecified atom stereocenters. The second kappa shape index (κ2) is 7.81. The number of aliphatic carboxylic acids is 4. The zero-order chi connectivity index (χ0) is 17.5. The standard InChI is InChI=1S/C11H16N2O9/c12-10(22)13-11(9(20)21,4-3-7(16)17)5(8(18)19)1-2-6(14)15/h5H,1-4H2,(H,14,15)(H,16,17)(H,18,19)(H,20,21)(H3,12,13,22). The van der Waals surface area contributed by atoms with E-state index in [1.54, 1.807) is 5.32 Å². The van der Waals surface area contributed by atoms with Crippen LogP contribution in [0.25, 0.3) is 0 Å². The van der Waals surface area contributed by atoms with Crippen molar-refractivity contribution >= 4 is 29.9 Å². The van der Waals surface area contributed by atoms with Gasteiger partial charge in [0.2, 0.25) is 0 Å². The molecular formula is C11H16N2O9. The van der Waals surface area contributed by atoms with E-state index < -0.39 is 67.0 Å². The largest absolute Gasteiger partial charge is 0.481 e. The smallest absolute Gasteiger partial charge is 0.330 e. The number of hydrogen-bond donors (Lipinski definition) is 6. The van der Waals surface area contributed by atoms with Crippen LogP contribution in [0.1, 0.15) is 25.7 Å². The number of carbonyl (C=O) groups excluding carboxylic acids is 1. The van der Waals surface area contributed by atoms with E-state index in [1.165, 1.54) is 0 Å². The molecule has 0 saturated carbocycles. The molecule has 0 aliphatic heterocycles.